The van der Waals surface area contributed by atoms with Crippen LogP contribution in [0.2, 0.25) is 5.02 Å². The third-order valence-corrected chi connectivity index (χ3v) is 5.91. The van der Waals surface area contributed by atoms with Gasteiger partial charge in [-0.25, -0.2) is 4.98 Å². The average molecular weight is 453 g/mol. The molecule has 1 aliphatic rings. The molecular weight excluding hydrogens is 428 g/mol. The molecule has 32 heavy (non-hydrogen) atoms. The minimum absolute atomic E-state index is 0.00554. The Labute approximate surface area is 191 Å². The number of hydrogen-bond donors (Lipinski definition) is 5. The van der Waals surface area contributed by atoms with Gasteiger partial charge in [0.1, 0.15) is 17.1 Å². The molecule has 3 aromatic rings. The van der Waals surface area contributed by atoms with E-state index >= 15 is 0 Å². The molecule has 1 amide bonds. The SMILES string of the molecule is NC(=O)c1cnc(NC2CCCCC2N)nc1Nc1cccc(-c2ccc(Cl)c(O)c2)c1. The van der Waals surface area contributed by atoms with E-state index in [1.165, 1.54) is 6.20 Å². The van der Waals surface area contributed by atoms with Crippen LogP contribution in [0.25, 0.3) is 11.1 Å². The lowest BCUT2D eigenvalue weighted by Crippen LogP contribution is -2.43. The van der Waals surface area contributed by atoms with Gasteiger partial charge in [0.15, 0.2) is 0 Å². The van der Waals surface area contributed by atoms with Crippen LogP contribution in [0.5, 0.6) is 5.75 Å². The van der Waals surface area contributed by atoms with Crippen molar-refractivity contribution in [2.24, 2.45) is 11.5 Å². The standard InChI is InChI=1S/C23H25ClN6O2/c24-17-9-8-14(11-20(17)31)13-4-3-5-15(10-13)28-22-16(21(26)32)12-27-23(30-22)29-19-7-2-1-6-18(19)25/h3-5,8-12,18-19,31H,1-2,6-7,25H2,(H2,26,32)(H2,27,28,29,30). The molecule has 2 aromatic carbocycles. The molecule has 1 saturated carbocycles. The predicted molar refractivity (Wildman–Crippen MR) is 126 cm³/mol. The van der Waals surface area contributed by atoms with Crippen LogP contribution in [0.4, 0.5) is 17.5 Å². The molecule has 4 rings (SSSR count). The topological polar surface area (TPSA) is 139 Å². The van der Waals surface area contributed by atoms with E-state index in [-0.39, 0.29) is 28.4 Å². The quantitative estimate of drug-likeness (QED) is 0.380. The van der Waals surface area contributed by atoms with Crippen molar-refractivity contribution >= 4 is 35.0 Å². The molecule has 1 fully saturated rings. The summed E-state index contributed by atoms with van der Waals surface area (Å²) in [6.45, 7) is 0. The van der Waals surface area contributed by atoms with Crippen LogP contribution in [-0.2, 0) is 0 Å². The maximum atomic E-state index is 11.9. The summed E-state index contributed by atoms with van der Waals surface area (Å²) in [4.78, 5) is 20.7. The van der Waals surface area contributed by atoms with Crippen molar-refractivity contribution in [3.05, 3.63) is 59.2 Å². The van der Waals surface area contributed by atoms with Crippen molar-refractivity contribution in [3.8, 4) is 16.9 Å². The highest BCUT2D eigenvalue weighted by Gasteiger charge is 2.23. The van der Waals surface area contributed by atoms with Gasteiger partial charge in [-0.05, 0) is 48.2 Å². The van der Waals surface area contributed by atoms with Crippen LogP contribution in [0, 0.1) is 0 Å². The number of rotatable bonds is 6. The molecule has 0 radical (unpaired) electrons. The van der Waals surface area contributed by atoms with Gasteiger partial charge in [-0.15, -0.1) is 0 Å². The largest absolute Gasteiger partial charge is 0.506 e. The summed E-state index contributed by atoms with van der Waals surface area (Å²) in [5.74, 6) is 0.0623. The Morgan fingerprint density at radius 2 is 1.91 bits per heavy atom. The zero-order valence-corrected chi connectivity index (χ0v) is 18.1. The number of hydrogen-bond acceptors (Lipinski definition) is 7. The lowest BCUT2D eigenvalue weighted by molar-refractivity contribution is 0.100. The number of benzene rings is 2. The monoisotopic (exact) mass is 452 g/mol. The molecule has 2 unspecified atom stereocenters. The van der Waals surface area contributed by atoms with E-state index in [9.17, 15) is 9.90 Å². The van der Waals surface area contributed by atoms with Crippen LogP contribution in [0.3, 0.4) is 0 Å². The van der Waals surface area contributed by atoms with Gasteiger partial charge in [0, 0.05) is 24.0 Å². The van der Waals surface area contributed by atoms with Crippen molar-refractivity contribution in [1.82, 2.24) is 9.97 Å². The zero-order chi connectivity index (χ0) is 22.7. The predicted octanol–water partition coefficient (Wildman–Crippen LogP) is 4.03. The van der Waals surface area contributed by atoms with Gasteiger partial charge in [0.2, 0.25) is 5.95 Å². The van der Waals surface area contributed by atoms with Crippen LogP contribution >= 0.6 is 11.6 Å². The fourth-order valence-electron chi connectivity index (χ4n) is 3.84. The first-order chi connectivity index (χ1) is 15.4. The van der Waals surface area contributed by atoms with Gasteiger partial charge in [-0.3, -0.25) is 4.79 Å². The molecule has 9 heteroatoms. The second-order valence-electron chi connectivity index (χ2n) is 7.89. The van der Waals surface area contributed by atoms with Crippen LogP contribution < -0.4 is 22.1 Å². The van der Waals surface area contributed by atoms with Crippen molar-refractivity contribution < 1.29 is 9.90 Å². The molecule has 0 aliphatic heterocycles. The first kappa shape index (κ1) is 21.9. The first-order valence-electron chi connectivity index (χ1n) is 10.5. The van der Waals surface area contributed by atoms with Gasteiger partial charge in [-0.2, -0.15) is 4.98 Å². The molecule has 0 bridgehead atoms. The zero-order valence-electron chi connectivity index (χ0n) is 17.4. The summed E-state index contributed by atoms with van der Waals surface area (Å²) < 4.78 is 0. The Bertz CT molecular complexity index is 1140. The smallest absolute Gasteiger partial charge is 0.254 e. The number of anilines is 3. The number of amides is 1. The number of carbonyl (C=O) groups is 1. The van der Waals surface area contributed by atoms with Crippen LogP contribution in [0.1, 0.15) is 36.0 Å². The Kier molecular flexibility index (Phi) is 6.43. The fourth-order valence-corrected chi connectivity index (χ4v) is 3.95. The molecule has 8 nitrogen and oxygen atoms in total. The number of carbonyl (C=O) groups excluding carboxylic acids is 1. The van der Waals surface area contributed by atoms with Gasteiger partial charge in [0.05, 0.1) is 5.02 Å². The summed E-state index contributed by atoms with van der Waals surface area (Å²) >= 11 is 5.91. The minimum atomic E-state index is -0.632. The van der Waals surface area contributed by atoms with Crippen molar-refractivity contribution in [2.75, 3.05) is 10.6 Å². The van der Waals surface area contributed by atoms with E-state index in [0.717, 1.165) is 36.8 Å². The summed E-state index contributed by atoms with van der Waals surface area (Å²) in [5.41, 5.74) is 14.3. The van der Waals surface area contributed by atoms with Gasteiger partial charge < -0.3 is 27.2 Å². The number of phenols is 1. The van der Waals surface area contributed by atoms with Crippen LogP contribution in [0.15, 0.2) is 48.7 Å². The van der Waals surface area contributed by atoms with E-state index in [4.69, 9.17) is 23.1 Å². The number of primary amides is 1. The van der Waals surface area contributed by atoms with Crippen molar-refractivity contribution in [2.45, 2.75) is 37.8 Å². The van der Waals surface area contributed by atoms with Crippen molar-refractivity contribution in [3.63, 3.8) is 0 Å². The number of nitrogens with two attached hydrogens (primary N) is 2. The van der Waals surface area contributed by atoms with E-state index in [2.05, 4.69) is 20.6 Å². The molecule has 1 aliphatic carbocycles. The van der Waals surface area contributed by atoms with Gasteiger partial charge in [0.25, 0.3) is 5.91 Å². The van der Waals surface area contributed by atoms with E-state index < -0.39 is 5.91 Å². The highest BCUT2D eigenvalue weighted by atomic mass is 35.5. The molecular formula is C23H25ClN6O2. The molecule has 166 valence electrons. The number of nitrogens with zero attached hydrogens (tertiary/aromatic N) is 2. The third-order valence-electron chi connectivity index (χ3n) is 5.59. The summed E-state index contributed by atoms with van der Waals surface area (Å²) in [5, 5.41) is 16.7. The maximum Gasteiger partial charge on any atom is 0.254 e. The second-order valence-corrected chi connectivity index (χ2v) is 8.30. The molecule has 7 N–H and O–H groups in total. The van der Waals surface area contributed by atoms with Gasteiger partial charge >= 0.3 is 0 Å². The number of halogens is 1. The van der Waals surface area contributed by atoms with Crippen molar-refractivity contribution in [1.29, 1.82) is 0 Å². The third kappa shape index (κ3) is 4.92. The van der Waals surface area contributed by atoms with Gasteiger partial charge in [-0.1, -0.05) is 42.6 Å². The molecule has 0 saturated heterocycles. The molecule has 1 aromatic heterocycles. The number of aromatic nitrogens is 2. The normalized spacial score (nSPS) is 18.2. The Balaban J connectivity index is 1.61. The molecule has 1 heterocycles. The van der Waals surface area contributed by atoms with E-state index in [0.29, 0.717) is 17.5 Å². The summed E-state index contributed by atoms with van der Waals surface area (Å²) in [7, 11) is 0. The molecule has 2 atom stereocenters. The Morgan fingerprint density at radius 1 is 1.12 bits per heavy atom. The Morgan fingerprint density at radius 3 is 2.66 bits per heavy atom. The lowest BCUT2D eigenvalue weighted by Gasteiger charge is -2.29. The lowest BCUT2D eigenvalue weighted by atomic mass is 9.91. The number of nitrogens with one attached hydrogen (secondary N) is 2. The van der Waals surface area contributed by atoms with E-state index in [1.807, 2.05) is 30.3 Å². The Hall–Kier alpha value is -3.36. The highest BCUT2D eigenvalue weighted by molar-refractivity contribution is 6.32. The van der Waals surface area contributed by atoms with E-state index in [1.54, 1.807) is 12.1 Å². The summed E-state index contributed by atoms with van der Waals surface area (Å²) in [6, 6.07) is 12.6. The fraction of sp³-hybridized carbons (Fsp3) is 0.261. The maximum absolute atomic E-state index is 11.9. The first-order valence-corrected chi connectivity index (χ1v) is 10.8. The average Bonchev–Trinajstić information content (AvgIpc) is 2.77. The number of aromatic hydroxyl groups is 1. The number of phenolic OH excluding ortho intramolecular Hbond substituents is 1. The molecule has 0 spiro atoms. The second kappa shape index (κ2) is 9.42. The minimum Gasteiger partial charge on any atom is -0.506 e. The highest BCUT2D eigenvalue weighted by Crippen LogP contribution is 2.31. The van der Waals surface area contributed by atoms with Crippen LogP contribution in [-0.4, -0.2) is 33.1 Å². The summed E-state index contributed by atoms with van der Waals surface area (Å²) in [6.07, 6.45) is 5.53.